The van der Waals surface area contributed by atoms with Crippen LogP contribution in [0.2, 0.25) is 0 Å². The van der Waals surface area contributed by atoms with Gasteiger partial charge in [0.1, 0.15) is 17.0 Å². The predicted molar refractivity (Wildman–Crippen MR) is 119 cm³/mol. The molecule has 1 saturated heterocycles. The number of nitrogens with one attached hydrogen (secondary N) is 2. The summed E-state index contributed by atoms with van der Waals surface area (Å²) in [6.07, 6.45) is 1.10. The van der Waals surface area contributed by atoms with Gasteiger partial charge >= 0.3 is 6.03 Å². The van der Waals surface area contributed by atoms with Crippen molar-refractivity contribution in [2.24, 2.45) is 0 Å². The lowest BCUT2D eigenvalue weighted by Crippen LogP contribution is -2.52. The lowest BCUT2D eigenvalue weighted by molar-refractivity contribution is -0.125. The summed E-state index contributed by atoms with van der Waals surface area (Å²) in [6, 6.07) is 8.98. The fourth-order valence-corrected chi connectivity index (χ4v) is 4.96. The van der Waals surface area contributed by atoms with E-state index in [0.29, 0.717) is 28.1 Å². The maximum absolute atomic E-state index is 13.1. The van der Waals surface area contributed by atoms with Crippen LogP contribution < -0.4 is 15.4 Å². The normalized spacial score (nSPS) is 19.9. The number of nitrogens with zero attached hydrogens (tertiary/aromatic N) is 2. The Bertz CT molecular complexity index is 1480. The zero-order chi connectivity index (χ0) is 24.3. The molecule has 2 aromatic heterocycles. The van der Waals surface area contributed by atoms with E-state index in [2.05, 4.69) is 15.6 Å². The lowest BCUT2D eigenvalue weighted by Gasteiger charge is -2.28. The first-order valence-corrected chi connectivity index (χ1v) is 12.3. The van der Waals surface area contributed by atoms with Crippen molar-refractivity contribution < 1.29 is 32.0 Å². The number of imide groups is 1. The highest BCUT2D eigenvalue weighted by atomic mass is 32.2. The Kier molecular flexibility index (Phi) is 4.86. The molecule has 5 rings (SSSR count). The number of furan rings is 1. The van der Waals surface area contributed by atoms with Gasteiger partial charge in [0.25, 0.3) is 11.8 Å². The number of methoxy groups -OCH3 is 1. The average Bonchev–Trinajstić information content (AvgIpc) is 3.41. The Labute approximate surface area is 194 Å². The molecular weight excluding hydrogens is 464 g/mol. The molecule has 176 valence electrons. The van der Waals surface area contributed by atoms with Crippen LogP contribution in [0, 0.1) is 0 Å². The van der Waals surface area contributed by atoms with Crippen LogP contribution in [-0.2, 0) is 32.5 Å². The number of ether oxygens (including phenoxy) is 1. The fraction of sp³-hybridized carbons (Fsp3) is 0.273. The molecule has 0 spiro atoms. The molecule has 4 heterocycles. The molecule has 12 heteroatoms. The number of hydrogen-bond acceptors (Lipinski definition) is 8. The van der Waals surface area contributed by atoms with Gasteiger partial charge in [0.05, 0.1) is 25.1 Å². The number of aromatic nitrogens is 1. The first-order chi connectivity index (χ1) is 16.1. The second-order valence-corrected chi connectivity index (χ2v) is 10.5. The summed E-state index contributed by atoms with van der Waals surface area (Å²) in [5, 5.41) is 4.82. The number of carbonyl (C=O) groups excluding carboxylic acids is 3. The number of carbonyl (C=O) groups is 3. The van der Waals surface area contributed by atoms with E-state index in [-0.39, 0.29) is 30.5 Å². The average molecular weight is 484 g/mol. The Morgan fingerprint density at radius 3 is 2.65 bits per heavy atom. The van der Waals surface area contributed by atoms with Crippen LogP contribution in [0.1, 0.15) is 27.4 Å². The zero-order valence-electron chi connectivity index (χ0n) is 18.2. The molecule has 11 nitrogen and oxygen atoms in total. The number of pyridine rings is 1. The Morgan fingerprint density at radius 1 is 1.18 bits per heavy atom. The van der Waals surface area contributed by atoms with Crippen molar-refractivity contribution in [1.29, 1.82) is 0 Å². The maximum Gasteiger partial charge on any atom is 0.322 e. The third-order valence-electron chi connectivity index (χ3n) is 5.83. The molecule has 1 fully saturated rings. The summed E-state index contributed by atoms with van der Waals surface area (Å²) >= 11 is 0. The largest absolute Gasteiger partial charge is 0.497 e. The van der Waals surface area contributed by atoms with E-state index < -0.39 is 27.3 Å². The summed E-state index contributed by atoms with van der Waals surface area (Å²) < 4.78 is 34.3. The molecule has 34 heavy (non-hydrogen) atoms. The first-order valence-electron chi connectivity index (χ1n) is 10.3. The number of rotatable bonds is 6. The molecule has 2 aliphatic heterocycles. The van der Waals surface area contributed by atoms with Gasteiger partial charge in [-0.2, -0.15) is 0 Å². The van der Waals surface area contributed by atoms with Gasteiger partial charge in [-0.3, -0.25) is 14.9 Å². The van der Waals surface area contributed by atoms with E-state index in [9.17, 15) is 22.8 Å². The van der Waals surface area contributed by atoms with E-state index in [1.807, 2.05) is 0 Å². The van der Waals surface area contributed by atoms with Crippen molar-refractivity contribution >= 4 is 38.8 Å². The molecule has 3 aromatic rings. The zero-order valence-corrected chi connectivity index (χ0v) is 19.1. The van der Waals surface area contributed by atoms with E-state index >= 15 is 0 Å². The van der Waals surface area contributed by atoms with Crippen molar-refractivity contribution in [3.05, 3.63) is 59.0 Å². The summed E-state index contributed by atoms with van der Waals surface area (Å²) in [7, 11) is -1.80. The standard InChI is InChI=1S/C22H20N4O7S/c1-32-14-5-3-12-9-26(19(27)15(12)7-14)11-22(20(28)24-21(29)25-22)18-8-16-17(33-18)6-4-13(23-16)10-34(2,30)31/h3-8H,9-11H2,1-2H3,(H2,24,25,28,29)/t22-/m0/s1. The molecule has 4 amide bonds. The molecule has 1 atom stereocenters. The Morgan fingerprint density at radius 2 is 1.97 bits per heavy atom. The minimum atomic E-state index is -3.30. The van der Waals surface area contributed by atoms with Gasteiger partial charge in [0.2, 0.25) is 0 Å². The van der Waals surface area contributed by atoms with Gasteiger partial charge in [0, 0.05) is 24.4 Å². The van der Waals surface area contributed by atoms with Gasteiger partial charge in [-0.05, 0) is 29.8 Å². The molecule has 0 radical (unpaired) electrons. The molecule has 2 aliphatic rings. The molecule has 2 N–H and O–H groups in total. The third-order valence-corrected chi connectivity index (χ3v) is 6.65. The molecule has 0 aliphatic carbocycles. The number of sulfone groups is 1. The minimum Gasteiger partial charge on any atom is -0.497 e. The quantitative estimate of drug-likeness (QED) is 0.494. The first kappa shape index (κ1) is 21.9. The van der Waals surface area contributed by atoms with Crippen LogP contribution in [-0.4, -0.2) is 56.1 Å². The van der Waals surface area contributed by atoms with Crippen molar-refractivity contribution in [2.75, 3.05) is 19.9 Å². The SMILES string of the molecule is COc1ccc2c(c1)C(=O)N(C[C@@]1(c3cc4nc(CS(C)(=O)=O)ccc4o3)NC(=O)NC1=O)C2. The van der Waals surface area contributed by atoms with Crippen LogP contribution in [0.15, 0.2) is 40.8 Å². The van der Waals surface area contributed by atoms with Crippen molar-refractivity contribution in [1.82, 2.24) is 20.5 Å². The second kappa shape index (κ2) is 7.55. The van der Waals surface area contributed by atoms with Crippen molar-refractivity contribution in [3.63, 3.8) is 0 Å². The van der Waals surface area contributed by atoms with E-state index in [0.717, 1.165) is 11.8 Å². The van der Waals surface area contributed by atoms with Crippen molar-refractivity contribution in [2.45, 2.75) is 17.8 Å². The van der Waals surface area contributed by atoms with Crippen LogP contribution in [0.5, 0.6) is 5.75 Å². The highest BCUT2D eigenvalue weighted by Crippen LogP contribution is 2.34. The van der Waals surface area contributed by atoms with Gasteiger partial charge in [-0.1, -0.05) is 6.07 Å². The summed E-state index contributed by atoms with van der Waals surface area (Å²) in [4.78, 5) is 44.0. The summed E-state index contributed by atoms with van der Waals surface area (Å²) in [6.45, 7) is 0.0521. The van der Waals surface area contributed by atoms with Crippen LogP contribution in [0.4, 0.5) is 4.79 Å². The topological polar surface area (TPSA) is 148 Å². The number of fused-ring (bicyclic) bond motifs is 2. The maximum atomic E-state index is 13.1. The highest BCUT2D eigenvalue weighted by molar-refractivity contribution is 7.89. The molecule has 0 bridgehead atoms. The van der Waals surface area contributed by atoms with Crippen LogP contribution in [0.3, 0.4) is 0 Å². The smallest absolute Gasteiger partial charge is 0.322 e. The Balaban J connectivity index is 1.52. The number of benzene rings is 1. The van der Waals surface area contributed by atoms with E-state index in [1.165, 1.54) is 24.1 Å². The predicted octanol–water partition coefficient (Wildman–Crippen LogP) is 1.07. The molecule has 1 aromatic carbocycles. The summed E-state index contributed by atoms with van der Waals surface area (Å²) in [5.74, 6) is -0.628. The lowest BCUT2D eigenvalue weighted by atomic mass is 9.95. The molecule has 0 unspecified atom stereocenters. The van der Waals surface area contributed by atoms with Crippen LogP contribution >= 0.6 is 0 Å². The monoisotopic (exact) mass is 484 g/mol. The Hall–Kier alpha value is -3.93. The summed E-state index contributed by atoms with van der Waals surface area (Å²) in [5.41, 5.74) is 0.483. The van der Waals surface area contributed by atoms with E-state index in [4.69, 9.17) is 9.15 Å². The van der Waals surface area contributed by atoms with Gasteiger partial charge < -0.3 is 19.4 Å². The second-order valence-electron chi connectivity index (χ2n) is 8.36. The van der Waals surface area contributed by atoms with Crippen LogP contribution in [0.25, 0.3) is 11.1 Å². The third kappa shape index (κ3) is 3.65. The van der Waals surface area contributed by atoms with Gasteiger partial charge in [-0.25, -0.2) is 18.2 Å². The highest BCUT2D eigenvalue weighted by Gasteiger charge is 2.53. The van der Waals surface area contributed by atoms with E-state index in [1.54, 1.807) is 24.3 Å². The molecule has 0 saturated carbocycles. The fourth-order valence-electron chi connectivity index (χ4n) is 4.26. The van der Waals surface area contributed by atoms with Gasteiger partial charge in [-0.15, -0.1) is 0 Å². The molecular formula is C22H20N4O7S. The van der Waals surface area contributed by atoms with Gasteiger partial charge in [0.15, 0.2) is 21.0 Å². The number of hydrogen-bond donors (Lipinski definition) is 2. The number of urea groups is 1. The minimum absolute atomic E-state index is 0.0798. The van der Waals surface area contributed by atoms with Crippen molar-refractivity contribution in [3.8, 4) is 5.75 Å². The number of amides is 4.